The van der Waals surface area contributed by atoms with Crippen LogP contribution in [0.5, 0.6) is 0 Å². The van der Waals surface area contributed by atoms with E-state index in [-0.39, 0.29) is 11.3 Å². The van der Waals surface area contributed by atoms with Crippen LogP contribution in [0.4, 0.5) is 11.4 Å². The Hall–Kier alpha value is -2.33. The molecule has 2 aliphatic heterocycles. The van der Waals surface area contributed by atoms with Gasteiger partial charge in [-0.05, 0) is 48.6 Å². The molecule has 4 heteroatoms. The van der Waals surface area contributed by atoms with E-state index >= 15 is 0 Å². The zero-order valence-electron chi connectivity index (χ0n) is 15.3. The Labute approximate surface area is 155 Å². The molecule has 26 heavy (non-hydrogen) atoms. The summed E-state index contributed by atoms with van der Waals surface area (Å²) in [5.74, 6) is 0.0390. The molecule has 0 bridgehead atoms. The Morgan fingerprint density at radius 2 is 1.96 bits per heavy atom. The van der Waals surface area contributed by atoms with Crippen molar-refractivity contribution in [3.8, 4) is 0 Å². The predicted molar refractivity (Wildman–Crippen MR) is 105 cm³/mol. The number of anilines is 2. The molecule has 136 valence electrons. The minimum atomic E-state index is 0.0390. The zero-order valence-corrected chi connectivity index (χ0v) is 15.3. The first-order valence-corrected chi connectivity index (χ1v) is 9.51. The lowest BCUT2D eigenvalue weighted by Crippen LogP contribution is -2.41. The summed E-state index contributed by atoms with van der Waals surface area (Å²) in [6.07, 6.45) is 3.02. The van der Waals surface area contributed by atoms with Crippen LogP contribution < -0.4 is 10.2 Å². The lowest BCUT2D eigenvalue weighted by Gasteiger charge is -2.34. The van der Waals surface area contributed by atoms with Crippen LogP contribution in [0.2, 0.25) is 0 Å². The Kier molecular flexibility index (Phi) is 4.68. The first-order chi connectivity index (χ1) is 12.7. The van der Waals surface area contributed by atoms with E-state index in [9.17, 15) is 4.79 Å². The third-order valence-electron chi connectivity index (χ3n) is 5.71. The summed E-state index contributed by atoms with van der Waals surface area (Å²) in [7, 11) is 0. The van der Waals surface area contributed by atoms with Gasteiger partial charge in [0.1, 0.15) is 0 Å². The Balaban J connectivity index is 1.50. The Morgan fingerprint density at radius 3 is 2.77 bits per heavy atom. The van der Waals surface area contributed by atoms with Crippen molar-refractivity contribution >= 4 is 17.3 Å². The largest absolute Gasteiger partial charge is 0.381 e. The van der Waals surface area contributed by atoms with E-state index in [0.29, 0.717) is 6.54 Å². The summed E-state index contributed by atoms with van der Waals surface area (Å²) in [5, 5.41) is 3.06. The molecule has 1 amide bonds. The molecule has 1 saturated heterocycles. The monoisotopic (exact) mass is 350 g/mol. The summed E-state index contributed by atoms with van der Waals surface area (Å²) in [4.78, 5) is 14.9. The van der Waals surface area contributed by atoms with E-state index in [1.807, 2.05) is 12.1 Å². The molecule has 2 aromatic rings. The number of carbonyl (C=O) groups is 1. The molecule has 2 aromatic carbocycles. The van der Waals surface area contributed by atoms with Crippen molar-refractivity contribution in [3.63, 3.8) is 0 Å². The maximum atomic E-state index is 12.7. The molecule has 0 atom stereocenters. The summed E-state index contributed by atoms with van der Waals surface area (Å²) in [5.41, 5.74) is 4.83. The quantitative estimate of drug-likeness (QED) is 0.913. The van der Waals surface area contributed by atoms with Crippen molar-refractivity contribution in [2.24, 2.45) is 0 Å². The zero-order chi connectivity index (χ0) is 18.0. The average Bonchev–Trinajstić information content (AvgIpc) is 2.96. The Morgan fingerprint density at radius 1 is 1.15 bits per heavy atom. The van der Waals surface area contributed by atoms with E-state index in [1.165, 1.54) is 16.8 Å². The van der Waals surface area contributed by atoms with Crippen molar-refractivity contribution in [1.82, 2.24) is 0 Å². The van der Waals surface area contributed by atoms with Crippen molar-refractivity contribution < 1.29 is 9.53 Å². The molecule has 0 unspecified atom stereocenters. The number of hydrogen-bond acceptors (Lipinski definition) is 3. The van der Waals surface area contributed by atoms with Gasteiger partial charge in [0.15, 0.2) is 0 Å². The Bertz CT molecular complexity index is 796. The summed E-state index contributed by atoms with van der Waals surface area (Å²) < 4.78 is 5.59. The van der Waals surface area contributed by atoms with Crippen LogP contribution in [0, 0.1) is 0 Å². The number of hydrogen-bond donors (Lipinski definition) is 1. The van der Waals surface area contributed by atoms with Gasteiger partial charge in [-0.3, -0.25) is 4.79 Å². The number of nitrogens with one attached hydrogen (secondary N) is 1. The number of para-hydroxylation sites is 1. The molecule has 4 rings (SSSR count). The lowest BCUT2D eigenvalue weighted by molar-refractivity contribution is -0.115. The fourth-order valence-electron chi connectivity index (χ4n) is 4.31. The highest BCUT2D eigenvalue weighted by molar-refractivity contribution is 5.94. The number of carbonyl (C=O) groups excluding carboxylic acids is 1. The molecule has 1 fully saturated rings. The van der Waals surface area contributed by atoms with E-state index in [1.54, 1.807) is 0 Å². The molecule has 1 spiro atoms. The van der Waals surface area contributed by atoms with Crippen LogP contribution in [-0.4, -0.2) is 32.2 Å². The second kappa shape index (κ2) is 7.12. The number of nitrogens with zero attached hydrogens (tertiary/aromatic N) is 1. The minimum Gasteiger partial charge on any atom is -0.381 e. The van der Waals surface area contributed by atoms with Gasteiger partial charge < -0.3 is 15.0 Å². The van der Waals surface area contributed by atoms with Crippen LogP contribution in [0.25, 0.3) is 0 Å². The molecule has 0 aromatic heterocycles. The van der Waals surface area contributed by atoms with Gasteiger partial charge in [0.05, 0.1) is 6.54 Å². The van der Waals surface area contributed by atoms with Crippen molar-refractivity contribution in [3.05, 3.63) is 59.7 Å². The first kappa shape index (κ1) is 17.1. The standard InChI is InChI=1S/C22H26N2O2/c1-2-17-6-5-7-18(14-17)23-21(25)15-24-16-22(10-12-26-13-11-22)19-8-3-4-9-20(19)24/h3-9,14H,2,10-13,15-16H2,1H3,(H,23,25). The fourth-order valence-corrected chi connectivity index (χ4v) is 4.31. The van der Waals surface area contributed by atoms with Crippen LogP contribution in [0.3, 0.4) is 0 Å². The second-order valence-corrected chi connectivity index (χ2v) is 7.37. The maximum absolute atomic E-state index is 12.7. The van der Waals surface area contributed by atoms with Crippen molar-refractivity contribution in [1.29, 1.82) is 0 Å². The van der Waals surface area contributed by atoms with Gasteiger partial charge in [-0.15, -0.1) is 0 Å². The van der Waals surface area contributed by atoms with Crippen LogP contribution in [-0.2, 0) is 21.4 Å². The summed E-state index contributed by atoms with van der Waals surface area (Å²) in [6.45, 7) is 5.01. The summed E-state index contributed by atoms with van der Waals surface area (Å²) in [6, 6.07) is 16.6. The molecule has 0 saturated carbocycles. The van der Waals surface area contributed by atoms with Gasteiger partial charge in [0, 0.05) is 36.5 Å². The van der Waals surface area contributed by atoms with Gasteiger partial charge >= 0.3 is 0 Å². The normalized spacial score (nSPS) is 18.0. The number of aryl methyl sites for hydroxylation is 1. The number of amides is 1. The van der Waals surface area contributed by atoms with E-state index in [0.717, 1.165) is 44.7 Å². The van der Waals surface area contributed by atoms with Gasteiger partial charge in [0.2, 0.25) is 5.91 Å². The SMILES string of the molecule is CCc1cccc(NC(=O)CN2CC3(CCOCC3)c3ccccc32)c1. The molecule has 2 heterocycles. The summed E-state index contributed by atoms with van der Waals surface area (Å²) >= 11 is 0. The van der Waals surface area contributed by atoms with E-state index in [2.05, 4.69) is 53.5 Å². The molecule has 0 aliphatic carbocycles. The van der Waals surface area contributed by atoms with E-state index < -0.39 is 0 Å². The number of benzene rings is 2. The van der Waals surface area contributed by atoms with E-state index in [4.69, 9.17) is 4.74 Å². The van der Waals surface area contributed by atoms with Crippen LogP contribution >= 0.6 is 0 Å². The van der Waals surface area contributed by atoms with Gasteiger partial charge in [-0.25, -0.2) is 0 Å². The third kappa shape index (κ3) is 3.21. The van der Waals surface area contributed by atoms with Crippen molar-refractivity contribution in [2.75, 3.05) is 36.5 Å². The fraction of sp³-hybridized carbons (Fsp3) is 0.409. The molecular formula is C22H26N2O2. The number of rotatable bonds is 4. The average molecular weight is 350 g/mol. The van der Waals surface area contributed by atoms with Crippen molar-refractivity contribution in [2.45, 2.75) is 31.6 Å². The molecule has 4 nitrogen and oxygen atoms in total. The molecule has 2 aliphatic rings. The van der Waals surface area contributed by atoms with Crippen LogP contribution in [0.15, 0.2) is 48.5 Å². The number of ether oxygens (including phenoxy) is 1. The number of fused-ring (bicyclic) bond motifs is 2. The first-order valence-electron chi connectivity index (χ1n) is 9.51. The molecule has 0 radical (unpaired) electrons. The van der Waals surface area contributed by atoms with Gasteiger partial charge in [0.25, 0.3) is 0 Å². The maximum Gasteiger partial charge on any atom is 0.243 e. The third-order valence-corrected chi connectivity index (χ3v) is 5.71. The molecule has 1 N–H and O–H groups in total. The highest BCUT2D eigenvalue weighted by Crippen LogP contribution is 2.46. The predicted octanol–water partition coefficient (Wildman–Crippen LogP) is 3.76. The smallest absolute Gasteiger partial charge is 0.243 e. The topological polar surface area (TPSA) is 41.6 Å². The highest BCUT2D eigenvalue weighted by Gasteiger charge is 2.43. The molecular weight excluding hydrogens is 324 g/mol. The van der Waals surface area contributed by atoms with Gasteiger partial charge in [-0.2, -0.15) is 0 Å². The minimum absolute atomic E-state index is 0.0390. The second-order valence-electron chi connectivity index (χ2n) is 7.37. The van der Waals surface area contributed by atoms with Crippen LogP contribution in [0.1, 0.15) is 30.9 Å². The van der Waals surface area contributed by atoms with Gasteiger partial charge in [-0.1, -0.05) is 37.3 Å². The highest BCUT2D eigenvalue weighted by atomic mass is 16.5. The lowest BCUT2D eigenvalue weighted by atomic mass is 9.76.